The molecule has 0 radical (unpaired) electrons. The van der Waals surface area contributed by atoms with Crippen molar-refractivity contribution in [3.8, 4) is 28.5 Å². The van der Waals surface area contributed by atoms with E-state index in [4.69, 9.17) is 21.1 Å². The summed E-state index contributed by atoms with van der Waals surface area (Å²) >= 11 is 5.86. The van der Waals surface area contributed by atoms with E-state index < -0.39 is 24.0 Å². The van der Waals surface area contributed by atoms with Crippen molar-refractivity contribution < 1.29 is 37.0 Å². The molecule has 0 unspecified atom stereocenters. The highest BCUT2D eigenvalue weighted by Gasteiger charge is 2.18. The van der Waals surface area contributed by atoms with E-state index in [1.807, 2.05) is 0 Å². The molecule has 0 amide bonds. The van der Waals surface area contributed by atoms with Gasteiger partial charge in [0.2, 0.25) is 0 Å². The minimum atomic E-state index is -3.04. The van der Waals surface area contributed by atoms with Gasteiger partial charge in [0, 0.05) is 24.0 Å². The van der Waals surface area contributed by atoms with Crippen molar-refractivity contribution in [2.75, 3.05) is 14.2 Å². The van der Waals surface area contributed by atoms with Crippen molar-refractivity contribution in [3.05, 3.63) is 70.6 Å². The van der Waals surface area contributed by atoms with Gasteiger partial charge >= 0.3 is 6.61 Å². The first kappa shape index (κ1) is 25.0. The van der Waals surface area contributed by atoms with Crippen LogP contribution < -0.4 is 14.2 Å². The number of ketones is 2. The Morgan fingerprint density at radius 1 is 0.912 bits per heavy atom. The summed E-state index contributed by atoms with van der Waals surface area (Å²) in [5.74, 6) is -1.28. The fraction of sp³-hybridized carbons (Fsp3) is 0.208. The molecule has 0 saturated carbocycles. The van der Waals surface area contributed by atoms with Gasteiger partial charge in [-0.2, -0.15) is 8.78 Å². The van der Waals surface area contributed by atoms with Crippen molar-refractivity contribution >= 4 is 23.2 Å². The van der Waals surface area contributed by atoms with Crippen LogP contribution >= 0.6 is 11.6 Å². The van der Waals surface area contributed by atoms with Crippen LogP contribution in [0.4, 0.5) is 13.2 Å². The molecule has 0 aliphatic carbocycles. The maximum Gasteiger partial charge on any atom is 0.387 e. The van der Waals surface area contributed by atoms with Crippen LogP contribution in [-0.2, 0) is 0 Å². The van der Waals surface area contributed by atoms with Crippen LogP contribution in [0.25, 0.3) is 11.3 Å². The molecule has 3 rings (SSSR count). The second-order valence-electron chi connectivity index (χ2n) is 6.97. The Hall–Kier alpha value is -3.59. The number of carbonyl (C=O) groups is 2. The first-order valence-corrected chi connectivity index (χ1v) is 10.3. The number of aromatic nitrogens is 1. The zero-order valence-corrected chi connectivity index (χ0v) is 18.9. The molecule has 0 spiro atoms. The van der Waals surface area contributed by atoms with Crippen LogP contribution in [0.15, 0.2) is 48.5 Å². The predicted octanol–water partition coefficient (Wildman–Crippen LogP) is 6.01. The van der Waals surface area contributed by atoms with Crippen molar-refractivity contribution in [1.82, 2.24) is 4.98 Å². The van der Waals surface area contributed by atoms with Crippen LogP contribution in [0.5, 0.6) is 17.2 Å². The van der Waals surface area contributed by atoms with E-state index >= 15 is 0 Å². The Morgan fingerprint density at radius 2 is 1.59 bits per heavy atom. The van der Waals surface area contributed by atoms with Crippen LogP contribution in [0.1, 0.15) is 33.7 Å². The summed E-state index contributed by atoms with van der Waals surface area (Å²) in [5.41, 5.74) is 1.01. The van der Waals surface area contributed by atoms with Crippen LogP contribution in [0.3, 0.4) is 0 Å². The number of rotatable bonds is 10. The summed E-state index contributed by atoms with van der Waals surface area (Å²) < 4.78 is 53.1. The number of benzene rings is 2. The first-order chi connectivity index (χ1) is 16.2. The Kier molecular flexibility index (Phi) is 8.12. The summed E-state index contributed by atoms with van der Waals surface area (Å²) in [7, 11) is 2.68. The number of nitrogens with zero attached hydrogens (tertiary/aromatic N) is 1. The van der Waals surface area contributed by atoms with Gasteiger partial charge in [-0.3, -0.25) is 9.59 Å². The molecule has 178 valence electrons. The Bertz CT molecular complexity index is 1220. The van der Waals surface area contributed by atoms with Gasteiger partial charge in [-0.05, 0) is 48.5 Å². The molecule has 1 heterocycles. The highest BCUT2D eigenvalue weighted by atomic mass is 35.5. The number of methoxy groups -OCH3 is 2. The second-order valence-corrected chi connectivity index (χ2v) is 7.37. The van der Waals surface area contributed by atoms with E-state index in [0.717, 1.165) is 0 Å². The maximum atomic E-state index is 13.5. The van der Waals surface area contributed by atoms with E-state index in [2.05, 4.69) is 9.72 Å². The van der Waals surface area contributed by atoms with Gasteiger partial charge in [0.25, 0.3) is 0 Å². The maximum absolute atomic E-state index is 13.5. The Morgan fingerprint density at radius 3 is 2.24 bits per heavy atom. The highest BCUT2D eigenvalue weighted by molar-refractivity contribution is 6.31. The van der Waals surface area contributed by atoms with E-state index in [0.29, 0.717) is 17.0 Å². The second kappa shape index (κ2) is 11.0. The molecular weight excluding hydrogens is 475 g/mol. The number of halogens is 4. The standard InChI is InChI=1S/C24H19ClF3NO5/c1-32-21-10-6-17(29-23(21)14-3-5-16(26)15(25)11-14)19(31)8-7-18(30)13-4-9-20(34-24(27)28)22(12-13)33-2/h3-6,9-12,24H,7-8H2,1-2H3. The molecule has 0 bridgehead atoms. The predicted molar refractivity (Wildman–Crippen MR) is 119 cm³/mol. The molecule has 34 heavy (non-hydrogen) atoms. The van der Waals surface area contributed by atoms with Crippen LogP contribution in [-0.4, -0.2) is 37.4 Å². The topological polar surface area (TPSA) is 74.7 Å². The normalized spacial score (nSPS) is 10.8. The number of carbonyl (C=O) groups excluding carboxylic acids is 2. The Labute approximate surface area is 198 Å². The molecule has 0 aliphatic heterocycles. The average Bonchev–Trinajstić information content (AvgIpc) is 2.83. The van der Waals surface area contributed by atoms with E-state index in [9.17, 15) is 22.8 Å². The minimum Gasteiger partial charge on any atom is -0.494 e. The number of hydrogen-bond donors (Lipinski definition) is 0. The molecule has 2 aromatic carbocycles. The SMILES string of the molecule is COc1cc(C(=O)CCC(=O)c2ccc(OC)c(-c3ccc(F)c(Cl)c3)n2)ccc1OC(F)F. The first-order valence-electron chi connectivity index (χ1n) is 9.93. The summed E-state index contributed by atoms with van der Waals surface area (Å²) in [4.78, 5) is 29.6. The van der Waals surface area contributed by atoms with Crippen molar-refractivity contribution in [3.63, 3.8) is 0 Å². The summed E-state index contributed by atoms with van der Waals surface area (Å²) in [5, 5.41) is -0.107. The molecule has 0 fully saturated rings. The van der Waals surface area contributed by atoms with Crippen LogP contribution in [0.2, 0.25) is 5.02 Å². The molecule has 6 nitrogen and oxygen atoms in total. The van der Waals surface area contributed by atoms with Gasteiger partial charge in [0.05, 0.1) is 19.2 Å². The quantitative estimate of drug-likeness (QED) is 0.322. The van der Waals surface area contributed by atoms with Gasteiger partial charge < -0.3 is 14.2 Å². The number of alkyl halides is 2. The monoisotopic (exact) mass is 493 g/mol. The molecule has 0 N–H and O–H groups in total. The zero-order valence-electron chi connectivity index (χ0n) is 18.1. The minimum absolute atomic E-state index is 0.0306. The molecule has 0 saturated heterocycles. The lowest BCUT2D eigenvalue weighted by Crippen LogP contribution is -2.09. The van der Waals surface area contributed by atoms with E-state index in [1.54, 1.807) is 6.07 Å². The van der Waals surface area contributed by atoms with Crippen molar-refractivity contribution in [1.29, 1.82) is 0 Å². The van der Waals surface area contributed by atoms with E-state index in [-0.39, 0.29) is 40.6 Å². The van der Waals surface area contributed by atoms with Gasteiger partial charge in [0.15, 0.2) is 23.1 Å². The van der Waals surface area contributed by atoms with Gasteiger partial charge in [-0.1, -0.05) is 11.6 Å². The van der Waals surface area contributed by atoms with Crippen LogP contribution in [0, 0.1) is 5.82 Å². The number of Topliss-reactive ketones (excluding diaryl/α,β-unsaturated/α-hetero) is 2. The van der Waals surface area contributed by atoms with Gasteiger partial charge in [0.1, 0.15) is 23.0 Å². The fourth-order valence-electron chi connectivity index (χ4n) is 3.15. The smallest absolute Gasteiger partial charge is 0.387 e. The molecule has 3 aromatic rings. The summed E-state index contributed by atoms with van der Waals surface area (Å²) in [6.45, 7) is -3.04. The number of pyridine rings is 1. The van der Waals surface area contributed by atoms with Gasteiger partial charge in [-0.15, -0.1) is 0 Å². The largest absolute Gasteiger partial charge is 0.494 e. The lowest BCUT2D eigenvalue weighted by molar-refractivity contribution is -0.0512. The Balaban J connectivity index is 1.76. The number of ether oxygens (including phenoxy) is 3. The van der Waals surface area contributed by atoms with Crippen molar-refractivity contribution in [2.45, 2.75) is 19.5 Å². The summed E-state index contributed by atoms with van der Waals surface area (Å²) in [6.07, 6.45) is -0.304. The molecule has 10 heteroatoms. The third-order valence-corrected chi connectivity index (χ3v) is 5.13. The molecule has 0 atom stereocenters. The van der Waals surface area contributed by atoms with Gasteiger partial charge in [-0.25, -0.2) is 9.37 Å². The third kappa shape index (κ3) is 5.85. The third-order valence-electron chi connectivity index (χ3n) is 4.84. The average molecular weight is 494 g/mol. The lowest BCUT2D eigenvalue weighted by Gasteiger charge is -2.11. The molecule has 1 aromatic heterocycles. The zero-order chi connectivity index (χ0) is 24.8. The molecular formula is C24H19ClF3NO5. The lowest BCUT2D eigenvalue weighted by atomic mass is 10.0. The van der Waals surface area contributed by atoms with Crippen molar-refractivity contribution in [2.24, 2.45) is 0 Å². The molecule has 0 aliphatic rings. The summed E-state index contributed by atoms with van der Waals surface area (Å²) in [6, 6.07) is 10.8. The highest BCUT2D eigenvalue weighted by Crippen LogP contribution is 2.32. The number of hydrogen-bond acceptors (Lipinski definition) is 6. The fourth-order valence-corrected chi connectivity index (χ4v) is 3.33. The van der Waals surface area contributed by atoms with E-state index in [1.165, 1.54) is 56.7 Å².